The van der Waals surface area contributed by atoms with Gasteiger partial charge in [0, 0.05) is 23.4 Å². The standard InChI is InChI=1S/C22H27N3O5/c1-13(2)7-19(22(29)25-10-14(11-26)8-15(25)12-27)24-21(28)18-9-16-17(23-18)5-4-6-20(16)30-3/h4-6,9,11-15,19,23H,7-8,10H2,1-3H3,(H,24,28). The number of nitrogens with zero attached hydrogens (tertiary/aromatic N) is 1. The Hall–Kier alpha value is -3.16. The van der Waals surface area contributed by atoms with Crippen LogP contribution in [-0.4, -0.2) is 60.0 Å². The summed E-state index contributed by atoms with van der Waals surface area (Å²) in [5.74, 6) is -0.335. The van der Waals surface area contributed by atoms with Gasteiger partial charge in [-0.25, -0.2) is 0 Å². The van der Waals surface area contributed by atoms with Crippen LogP contribution < -0.4 is 10.1 Å². The summed E-state index contributed by atoms with van der Waals surface area (Å²) in [6.45, 7) is 4.10. The molecule has 1 aromatic heterocycles. The van der Waals surface area contributed by atoms with Crippen molar-refractivity contribution >= 4 is 35.3 Å². The fourth-order valence-electron chi connectivity index (χ4n) is 3.94. The van der Waals surface area contributed by atoms with Crippen LogP contribution in [0.3, 0.4) is 0 Å². The van der Waals surface area contributed by atoms with Crippen molar-refractivity contribution in [3.05, 3.63) is 30.0 Å². The second-order valence-corrected chi connectivity index (χ2v) is 8.09. The van der Waals surface area contributed by atoms with Crippen LogP contribution in [-0.2, 0) is 14.4 Å². The van der Waals surface area contributed by atoms with Crippen LogP contribution in [0.2, 0.25) is 0 Å². The highest BCUT2D eigenvalue weighted by atomic mass is 16.5. The molecule has 3 unspecified atom stereocenters. The Labute approximate surface area is 174 Å². The number of methoxy groups -OCH3 is 1. The highest BCUT2D eigenvalue weighted by molar-refractivity contribution is 6.01. The second kappa shape index (κ2) is 9.11. The molecule has 2 aromatic rings. The van der Waals surface area contributed by atoms with E-state index in [1.54, 1.807) is 19.2 Å². The molecule has 2 heterocycles. The highest BCUT2D eigenvalue weighted by Crippen LogP contribution is 2.26. The number of benzene rings is 1. The molecule has 1 aliphatic rings. The van der Waals surface area contributed by atoms with Gasteiger partial charge in [0.1, 0.15) is 30.1 Å². The minimum Gasteiger partial charge on any atom is -0.496 e. The molecule has 160 valence electrons. The Balaban J connectivity index is 1.82. The third-order valence-corrected chi connectivity index (χ3v) is 5.41. The Kier molecular flexibility index (Phi) is 6.54. The molecule has 2 amide bonds. The van der Waals surface area contributed by atoms with Crippen LogP contribution in [0, 0.1) is 11.8 Å². The van der Waals surface area contributed by atoms with Gasteiger partial charge in [0.2, 0.25) is 5.91 Å². The van der Waals surface area contributed by atoms with Crippen LogP contribution in [0.1, 0.15) is 37.2 Å². The lowest BCUT2D eigenvalue weighted by molar-refractivity contribution is -0.136. The first-order chi connectivity index (χ1) is 14.4. The van der Waals surface area contributed by atoms with Crippen molar-refractivity contribution in [3.8, 4) is 5.75 Å². The molecule has 8 nitrogen and oxygen atoms in total. The van der Waals surface area contributed by atoms with E-state index in [0.29, 0.717) is 30.6 Å². The molecule has 1 saturated heterocycles. The van der Waals surface area contributed by atoms with E-state index in [-0.39, 0.29) is 24.3 Å². The Morgan fingerprint density at radius 3 is 2.70 bits per heavy atom. The summed E-state index contributed by atoms with van der Waals surface area (Å²) in [5, 5.41) is 3.58. The summed E-state index contributed by atoms with van der Waals surface area (Å²) >= 11 is 0. The average molecular weight is 413 g/mol. The van der Waals surface area contributed by atoms with Gasteiger partial charge in [-0.05, 0) is 37.0 Å². The highest BCUT2D eigenvalue weighted by Gasteiger charge is 2.38. The quantitative estimate of drug-likeness (QED) is 0.643. The molecule has 1 fully saturated rings. The van der Waals surface area contributed by atoms with Crippen LogP contribution in [0.5, 0.6) is 5.75 Å². The van der Waals surface area contributed by atoms with Crippen LogP contribution >= 0.6 is 0 Å². The van der Waals surface area contributed by atoms with Crippen LogP contribution in [0.4, 0.5) is 0 Å². The van der Waals surface area contributed by atoms with Gasteiger partial charge in [-0.2, -0.15) is 0 Å². The second-order valence-electron chi connectivity index (χ2n) is 8.09. The summed E-state index contributed by atoms with van der Waals surface area (Å²) in [4.78, 5) is 53.1. The van der Waals surface area contributed by atoms with Gasteiger partial charge in [-0.3, -0.25) is 9.59 Å². The molecule has 1 aromatic carbocycles. The molecule has 30 heavy (non-hydrogen) atoms. The smallest absolute Gasteiger partial charge is 0.268 e. The minimum absolute atomic E-state index is 0.140. The summed E-state index contributed by atoms with van der Waals surface area (Å²) in [7, 11) is 1.56. The van der Waals surface area contributed by atoms with Gasteiger partial charge in [-0.15, -0.1) is 0 Å². The van der Waals surface area contributed by atoms with E-state index >= 15 is 0 Å². The molecular weight excluding hydrogens is 386 g/mol. The molecule has 3 atom stereocenters. The zero-order chi connectivity index (χ0) is 21.8. The summed E-state index contributed by atoms with van der Waals surface area (Å²) < 4.78 is 5.33. The number of ether oxygens (including phenoxy) is 1. The van der Waals surface area contributed by atoms with Crippen LogP contribution in [0.25, 0.3) is 10.9 Å². The first-order valence-electron chi connectivity index (χ1n) is 10.1. The molecule has 0 aliphatic carbocycles. The normalized spacial score (nSPS) is 19.7. The lowest BCUT2D eigenvalue weighted by atomic mass is 10.0. The van der Waals surface area contributed by atoms with Gasteiger partial charge in [0.25, 0.3) is 5.91 Å². The number of aromatic nitrogens is 1. The molecule has 1 aliphatic heterocycles. The van der Waals surface area contributed by atoms with E-state index in [4.69, 9.17) is 4.74 Å². The average Bonchev–Trinajstić information content (AvgIpc) is 3.36. The molecule has 0 spiro atoms. The topological polar surface area (TPSA) is 109 Å². The summed E-state index contributed by atoms with van der Waals surface area (Å²) in [6.07, 6.45) is 2.21. The number of carbonyl (C=O) groups excluding carboxylic acids is 4. The number of fused-ring (bicyclic) bond motifs is 1. The van der Waals surface area contributed by atoms with Crippen molar-refractivity contribution in [2.75, 3.05) is 13.7 Å². The number of aldehydes is 2. The zero-order valence-corrected chi connectivity index (χ0v) is 17.4. The van der Waals surface area contributed by atoms with Crippen molar-refractivity contribution in [1.82, 2.24) is 15.2 Å². The maximum Gasteiger partial charge on any atom is 0.268 e. The SMILES string of the molecule is COc1cccc2[nH]c(C(=O)NC(CC(C)C)C(=O)N3CC(C=O)CC3C=O)cc12. The van der Waals surface area contributed by atoms with E-state index in [1.807, 2.05) is 26.0 Å². The van der Waals surface area contributed by atoms with E-state index in [2.05, 4.69) is 10.3 Å². The van der Waals surface area contributed by atoms with Crippen molar-refractivity contribution in [2.45, 2.75) is 38.8 Å². The molecule has 3 rings (SSSR count). The minimum atomic E-state index is -0.793. The van der Waals surface area contributed by atoms with Crippen LogP contribution in [0.15, 0.2) is 24.3 Å². The fourth-order valence-corrected chi connectivity index (χ4v) is 3.94. The lowest BCUT2D eigenvalue weighted by Crippen LogP contribution is -2.51. The first-order valence-corrected chi connectivity index (χ1v) is 10.1. The number of hydrogen-bond donors (Lipinski definition) is 2. The number of carbonyl (C=O) groups is 4. The molecule has 2 N–H and O–H groups in total. The lowest BCUT2D eigenvalue weighted by Gasteiger charge is -2.27. The van der Waals surface area contributed by atoms with Gasteiger partial charge in [0.05, 0.1) is 13.2 Å². The molecule has 0 radical (unpaired) electrons. The summed E-state index contributed by atoms with van der Waals surface area (Å²) in [6, 6.07) is 5.71. The first kappa shape index (κ1) is 21.5. The summed E-state index contributed by atoms with van der Waals surface area (Å²) in [5.41, 5.74) is 1.07. The number of likely N-dealkylation sites (tertiary alicyclic amines) is 1. The van der Waals surface area contributed by atoms with Crippen molar-refractivity contribution < 1.29 is 23.9 Å². The third-order valence-electron chi connectivity index (χ3n) is 5.41. The largest absolute Gasteiger partial charge is 0.496 e. The number of H-pyrrole nitrogens is 1. The number of aromatic amines is 1. The van der Waals surface area contributed by atoms with Crippen molar-refractivity contribution in [3.63, 3.8) is 0 Å². The third kappa shape index (κ3) is 4.37. The maximum atomic E-state index is 13.2. The predicted molar refractivity (Wildman–Crippen MR) is 111 cm³/mol. The van der Waals surface area contributed by atoms with E-state index in [0.717, 1.165) is 17.2 Å². The Morgan fingerprint density at radius 1 is 1.30 bits per heavy atom. The molecule has 0 saturated carbocycles. The van der Waals surface area contributed by atoms with E-state index < -0.39 is 18.0 Å². The maximum absolute atomic E-state index is 13.2. The van der Waals surface area contributed by atoms with Gasteiger partial charge in [0.15, 0.2) is 0 Å². The van der Waals surface area contributed by atoms with E-state index in [1.165, 1.54) is 4.90 Å². The molecular formula is C22H27N3O5. The number of amides is 2. The molecule has 0 bridgehead atoms. The monoisotopic (exact) mass is 413 g/mol. The fraction of sp³-hybridized carbons (Fsp3) is 0.455. The van der Waals surface area contributed by atoms with Gasteiger partial charge >= 0.3 is 0 Å². The predicted octanol–water partition coefficient (Wildman–Crippen LogP) is 1.94. The zero-order valence-electron chi connectivity index (χ0n) is 17.4. The van der Waals surface area contributed by atoms with Gasteiger partial charge in [-0.1, -0.05) is 19.9 Å². The van der Waals surface area contributed by atoms with E-state index in [9.17, 15) is 19.2 Å². The van der Waals surface area contributed by atoms with Crippen molar-refractivity contribution in [2.24, 2.45) is 11.8 Å². The van der Waals surface area contributed by atoms with Crippen molar-refractivity contribution in [1.29, 1.82) is 0 Å². The van der Waals surface area contributed by atoms with Gasteiger partial charge < -0.3 is 29.5 Å². The Morgan fingerprint density at radius 2 is 2.07 bits per heavy atom. The Bertz CT molecular complexity index is 951. The number of hydrogen-bond acceptors (Lipinski definition) is 5. The number of rotatable bonds is 8. The number of nitrogens with one attached hydrogen (secondary N) is 2. The molecule has 8 heteroatoms.